The molecular formula is C23H24N2S. The maximum Gasteiger partial charge on any atom is 0.171 e. The van der Waals surface area contributed by atoms with Crippen LogP contribution in [0, 0.1) is 20.8 Å². The van der Waals surface area contributed by atoms with E-state index >= 15 is 0 Å². The van der Waals surface area contributed by atoms with Gasteiger partial charge < -0.3 is 10.6 Å². The summed E-state index contributed by atoms with van der Waals surface area (Å²) in [6.07, 6.45) is 0. The maximum absolute atomic E-state index is 5.62. The molecule has 0 bridgehead atoms. The first-order chi connectivity index (χ1) is 12.5. The standard InChI is InChI=1S/C23H24N2S/c1-16-8-7-11-20(15-16)22(19-9-5-4-6-10-19)25-23(26)24-21-13-12-17(2)14-18(21)3/h4-15,22H,1-3H3,(H2,24,25,26). The normalized spacial score (nSPS) is 11.7. The van der Waals surface area contributed by atoms with Crippen LogP contribution in [-0.2, 0) is 0 Å². The third kappa shape index (κ3) is 4.50. The minimum absolute atomic E-state index is 0.00172. The van der Waals surface area contributed by atoms with Crippen molar-refractivity contribution in [2.24, 2.45) is 0 Å². The van der Waals surface area contributed by atoms with Gasteiger partial charge in [0.15, 0.2) is 5.11 Å². The summed E-state index contributed by atoms with van der Waals surface area (Å²) in [5.74, 6) is 0. The van der Waals surface area contributed by atoms with Crippen LogP contribution >= 0.6 is 12.2 Å². The van der Waals surface area contributed by atoms with Crippen molar-refractivity contribution in [3.05, 3.63) is 101 Å². The largest absolute Gasteiger partial charge is 0.352 e. The molecule has 26 heavy (non-hydrogen) atoms. The van der Waals surface area contributed by atoms with Crippen LogP contribution in [0.5, 0.6) is 0 Å². The van der Waals surface area contributed by atoms with Gasteiger partial charge in [0, 0.05) is 5.69 Å². The number of hydrogen-bond acceptors (Lipinski definition) is 1. The zero-order valence-corrected chi connectivity index (χ0v) is 16.2. The minimum Gasteiger partial charge on any atom is -0.352 e. The number of nitrogens with one attached hydrogen (secondary N) is 2. The summed E-state index contributed by atoms with van der Waals surface area (Å²) in [5, 5.41) is 7.45. The number of hydrogen-bond donors (Lipinski definition) is 2. The van der Waals surface area contributed by atoms with E-state index in [1.165, 1.54) is 27.8 Å². The molecule has 0 aliphatic heterocycles. The summed E-state index contributed by atoms with van der Waals surface area (Å²) >= 11 is 5.62. The first-order valence-electron chi connectivity index (χ1n) is 8.79. The highest BCUT2D eigenvalue weighted by molar-refractivity contribution is 7.80. The molecule has 0 saturated carbocycles. The second kappa shape index (κ2) is 8.15. The first kappa shape index (κ1) is 18.2. The van der Waals surface area contributed by atoms with Gasteiger partial charge in [-0.1, -0.05) is 77.9 Å². The Morgan fingerprint density at radius 3 is 2.15 bits per heavy atom. The lowest BCUT2D eigenvalue weighted by molar-refractivity contribution is 0.767. The van der Waals surface area contributed by atoms with Crippen LogP contribution in [0.15, 0.2) is 72.8 Å². The fourth-order valence-corrected chi connectivity index (χ4v) is 3.33. The molecular weight excluding hydrogens is 336 g/mol. The minimum atomic E-state index is 0.00172. The fourth-order valence-electron chi connectivity index (χ4n) is 3.10. The third-order valence-corrected chi connectivity index (χ3v) is 4.63. The van der Waals surface area contributed by atoms with E-state index in [9.17, 15) is 0 Å². The molecule has 132 valence electrons. The molecule has 0 amide bonds. The average Bonchev–Trinajstić information content (AvgIpc) is 2.63. The van der Waals surface area contributed by atoms with Crippen LogP contribution in [0.25, 0.3) is 0 Å². The highest BCUT2D eigenvalue weighted by Gasteiger charge is 2.15. The third-order valence-electron chi connectivity index (χ3n) is 4.41. The van der Waals surface area contributed by atoms with Crippen LogP contribution in [0.3, 0.4) is 0 Å². The van der Waals surface area contributed by atoms with Gasteiger partial charge in [-0.25, -0.2) is 0 Å². The molecule has 0 aromatic heterocycles. The molecule has 3 heteroatoms. The average molecular weight is 361 g/mol. The van der Waals surface area contributed by atoms with Gasteiger partial charge in [-0.05, 0) is 55.7 Å². The number of benzene rings is 3. The van der Waals surface area contributed by atoms with Crippen LogP contribution < -0.4 is 10.6 Å². The summed E-state index contributed by atoms with van der Waals surface area (Å²) < 4.78 is 0. The van der Waals surface area contributed by atoms with Crippen molar-refractivity contribution in [3.63, 3.8) is 0 Å². The van der Waals surface area contributed by atoms with Gasteiger partial charge in [0.25, 0.3) is 0 Å². The van der Waals surface area contributed by atoms with E-state index in [2.05, 4.69) is 98.1 Å². The monoisotopic (exact) mass is 360 g/mol. The Balaban J connectivity index is 1.85. The number of rotatable bonds is 4. The SMILES string of the molecule is Cc1cccc(C(NC(=S)Nc2ccc(C)cc2C)c2ccccc2)c1. The lowest BCUT2D eigenvalue weighted by atomic mass is 9.97. The number of aryl methyl sites for hydroxylation is 3. The molecule has 0 radical (unpaired) electrons. The van der Waals surface area contributed by atoms with Crippen molar-refractivity contribution in [1.82, 2.24) is 5.32 Å². The molecule has 0 aliphatic rings. The predicted molar refractivity (Wildman–Crippen MR) is 115 cm³/mol. The highest BCUT2D eigenvalue weighted by Crippen LogP contribution is 2.23. The Bertz CT molecular complexity index is 903. The van der Waals surface area contributed by atoms with Crippen molar-refractivity contribution >= 4 is 23.0 Å². The van der Waals surface area contributed by atoms with Gasteiger partial charge >= 0.3 is 0 Å². The highest BCUT2D eigenvalue weighted by atomic mass is 32.1. The van der Waals surface area contributed by atoms with Gasteiger partial charge in [0.1, 0.15) is 0 Å². The van der Waals surface area contributed by atoms with Gasteiger partial charge in [-0.3, -0.25) is 0 Å². The topological polar surface area (TPSA) is 24.1 Å². The van der Waals surface area contributed by atoms with E-state index in [0.717, 1.165) is 5.69 Å². The summed E-state index contributed by atoms with van der Waals surface area (Å²) in [5.41, 5.74) is 7.07. The van der Waals surface area contributed by atoms with Crippen LogP contribution in [0.1, 0.15) is 33.9 Å². The van der Waals surface area contributed by atoms with Gasteiger partial charge in [0.2, 0.25) is 0 Å². The maximum atomic E-state index is 5.62. The zero-order chi connectivity index (χ0) is 18.5. The molecule has 0 aliphatic carbocycles. The van der Waals surface area contributed by atoms with E-state index < -0.39 is 0 Å². The Morgan fingerprint density at radius 2 is 1.46 bits per heavy atom. The summed E-state index contributed by atoms with van der Waals surface area (Å²) in [6.45, 7) is 6.29. The van der Waals surface area contributed by atoms with Crippen LogP contribution in [-0.4, -0.2) is 5.11 Å². The van der Waals surface area contributed by atoms with Gasteiger partial charge in [0.05, 0.1) is 6.04 Å². The molecule has 3 rings (SSSR count). The lowest BCUT2D eigenvalue weighted by Gasteiger charge is -2.23. The van der Waals surface area contributed by atoms with Crippen molar-refractivity contribution in [2.45, 2.75) is 26.8 Å². The summed E-state index contributed by atoms with van der Waals surface area (Å²) in [4.78, 5) is 0. The van der Waals surface area contributed by atoms with E-state index in [1.807, 2.05) is 6.07 Å². The second-order valence-electron chi connectivity index (χ2n) is 6.67. The molecule has 0 fully saturated rings. The van der Waals surface area contributed by atoms with Crippen LogP contribution in [0.4, 0.5) is 5.69 Å². The second-order valence-corrected chi connectivity index (χ2v) is 7.08. The Morgan fingerprint density at radius 1 is 0.769 bits per heavy atom. The smallest absolute Gasteiger partial charge is 0.171 e. The van der Waals surface area contributed by atoms with Crippen molar-refractivity contribution < 1.29 is 0 Å². The molecule has 2 N–H and O–H groups in total. The van der Waals surface area contributed by atoms with E-state index in [4.69, 9.17) is 12.2 Å². The number of anilines is 1. The zero-order valence-electron chi connectivity index (χ0n) is 15.4. The summed E-state index contributed by atoms with van der Waals surface area (Å²) in [7, 11) is 0. The van der Waals surface area contributed by atoms with E-state index in [1.54, 1.807) is 0 Å². The fraction of sp³-hybridized carbons (Fsp3) is 0.174. The molecule has 0 saturated heterocycles. The van der Waals surface area contributed by atoms with Gasteiger partial charge in [-0.2, -0.15) is 0 Å². The Labute approximate surface area is 161 Å². The van der Waals surface area contributed by atoms with Crippen LogP contribution in [0.2, 0.25) is 0 Å². The van der Waals surface area contributed by atoms with Crippen molar-refractivity contribution in [3.8, 4) is 0 Å². The van der Waals surface area contributed by atoms with Gasteiger partial charge in [-0.15, -0.1) is 0 Å². The molecule has 0 spiro atoms. The quantitative estimate of drug-likeness (QED) is 0.585. The molecule has 1 atom stereocenters. The van der Waals surface area contributed by atoms with E-state index in [0.29, 0.717) is 5.11 Å². The molecule has 2 nitrogen and oxygen atoms in total. The Kier molecular flexibility index (Phi) is 5.69. The molecule has 0 heterocycles. The number of thiocarbonyl (C=S) groups is 1. The summed E-state index contributed by atoms with van der Waals surface area (Å²) in [6, 6.07) is 25.2. The first-order valence-corrected chi connectivity index (χ1v) is 9.20. The molecule has 1 unspecified atom stereocenters. The predicted octanol–water partition coefficient (Wildman–Crippen LogP) is 5.69. The molecule has 3 aromatic carbocycles. The Hall–Kier alpha value is -2.65. The van der Waals surface area contributed by atoms with Crippen molar-refractivity contribution in [1.29, 1.82) is 0 Å². The van der Waals surface area contributed by atoms with E-state index in [-0.39, 0.29) is 6.04 Å². The molecule has 3 aromatic rings. The van der Waals surface area contributed by atoms with Crippen molar-refractivity contribution in [2.75, 3.05) is 5.32 Å². The lowest BCUT2D eigenvalue weighted by Crippen LogP contribution is -2.33.